The quantitative estimate of drug-likeness (QED) is 0.832. The van der Waals surface area contributed by atoms with Crippen LogP contribution in [0.25, 0.3) is 0 Å². The molecule has 1 atom stereocenters. The number of ether oxygens (including phenoxy) is 1. The van der Waals surface area contributed by atoms with Crippen molar-refractivity contribution in [2.45, 2.75) is 32.6 Å². The maximum Gasteiger partial charge on any atom is 0.224 e. The number of benzene rings is 1. The van der Waals surface area contributed by atoms with Crippen molar-refractivity contribution in [1.29, 1.82) is 0 Å². The summed E-state index contributed by atoms with van der Waals surface area (Å²) in [7, 11) is -3.03. The number of sulfone groups is 1. The standard InChI is InChI=1S/C17H25NO4S/c1-17(2,3)14-6-4-5-7-15(14)22-10-9-18-16(19)13-8-11-23(20,21)12-13/h4-7,13H,8-12H2,1-3H3,(H,18,19)/t13-/m0/s1. The maximum atomic E-state index is 11.9. The number of nitrogens with one attached hydrogen (secondary N) is 1. The van der Waals surface area contributed by atoms with Crippen LogP contribution in [0.4, 0.5) is 0 Å². The molecule has 128 valence electrons. The summed E-state index contributed by atoms with van der Waals surface area (Å²) in [6, 6.07) is 7.87. The van der Waals surface area contributed by atoms with Crippen molar-refractivity contribution in [3.8, 4) is 5.75 Å². The minimum Gasteiger partial charge on any atom is -0.491 e. The molecule has 1 aliphatic heterocycles. The molecular weight excluding hydrogens is 314 g/mol. The van der Waals surface area contributed by atoms with Crippen LogP contribution in [-0.4, -0.2) is 39.0 Å². The number of amides is 1. The lowest BCUT2D eigenvalue weighted by Crippen LogP contribution is -2.34. The predicted octanol–water partition coefficient (Wildman–Crippen LogP) is 1.91. The molecule has 1 heterocycles. The molecule has 0 aliphatic carbocycles. The number of para-hydroxylation sites is 1. The second-order valence-electron chi connectivity index (χ2n) is 6.99. The molecule has 1 amide bonds. The molecule has 2 rings (SSSR count). The van der Waals surface area contributed by atoms with Gasteiger partial charge in [0.25, 0.3) is 0 Å². The summed E-state index contributed by atoms with van der Waals surface area (Å²) in [4.78, 5) is 11.9. The van der Waals surface area contributed by atoms with Crippen molar-refractivity contribution in [1.82, 2.24) is 5.32 Å². The average Bonchev–Trinajstić information content (AvgIpc) is 2.83. The highest BCUT2D eigenvalue weighted by atomic mass is 32.2. The van der Waals surface area contributed by atoms with Crippen LogP contribution in [0.3, 0.4) is 0 Å². The highest BCUT2D eigenvalue weighted by Gasteiger charge is 2.32. The third kappa shape index (κ3) is 4.96. The highest BCUT2D eigenvalue weighted by molar-refractivity contribution is 7.91. The second-order valence-corrected chi connectivity index (χ2v) is 9.21. The molecular formula is C17H25NO4S. The van der Waals surface area contributed by atoms with Gasteiger partial charge < -0.3 is 10.1 Å². The van der Waals surface area contributed by atoms with Crippen molar-refractivity contribution in [3.63, 3.8) is 0 Å². The van der Waals surface area contributed by atoms with E-state index in [1.54, 1.807) is 0 Å². The Morgan fingerprint density at radius 1 is 1.30 bits per heavy atom. The van der Waals surface area contributed by atoms with Crippen LogP contribution in [-0.2, 0) is 20.0 Å². The van der Waals surface area contributed by atoms with E-state index in [1.165, 1.54) is 0 Å². The molecule has 1 aromatic rings. The molecule has 1 N–H and O–H groups in total. The SMILES string of the molecule is CC(C)(C)c1ccccc1OCCNC(=O)[C@H]1CCS(=O)(=O)C1. The Bertz CT molecular complexity index is 661. The molecule has 0 bridgehead atoms. The van der Waals surface area contributed by atoms with Gasteiger partial charge in [-0.25, -0.2) is 8.42 Å². The fourth-order valence-electron chi connectivity index (χ4n) is 2.69. The van der Waals surface area contributed by atoms with Gasteiger partial charge in [-0.3, -0.25) is 4.79 Å². The molecule has 1 aromatic carbocycles. The van der Waals surface area contributed by atoms with Crippen LogP contribution in [0.1, 0.15) is 32.8 Å². The Kier molecular flexibility index (Phi) is 5.34. The van der Waals surface area contributed by atoms with Gasteiger partial charge in [-0.05, 0) is 23.5 Å². The minimum atomic E-state index is -3.03. The summed E-state index contributed by atoms with van der Waals surface area (Å²) in [6.07, 6.45) is 0.419. The zero-order valence-corrected chi connectivity index (χ0v) is 14.8. The Hall–Kier alpha value is -1.56. The third-order valence-electron chi connectivity index (χ3n) is 3.96. The lowest BCUT2D eigenvalue weighted by Gasteiger charge is -2.22. The minimum absolute atomic E-state index is 0.0158. The number of rotatable bonds is 5. The molecule has 1 saturated heterocycles. The van der Waals surface area contributed by atoms with Crippen molar-refractivity contribution in [3.05, 3.63) is 29.8 Å². The Morgan fingerprint density at radius 2 is 2.00 bits per heavy atom. The molecule has 0 radical (unpaired) electrons. The Morgan fingerprint density at radius 3 is 2.61 bits per heavy atom. The lowest BCUT2D eigenvalue weighted by molar-refractivity contribution is -0.124. The van der Waals surface area contributed by atoms with Gasteiger partial charge in [0.2, 0.25) is 5.91 Å². The summed E-state index contributed by atoms with van der Waals surface area (Å²) in [6.45, 7) is 7.10. The summed E-state index contributed by atoms with van der Waals surface area (Å²) in [5, 5.41) is 2.76. The van der Waals surface area contributed by atoms with Gasteiger partial charge in [-0.15, -0.1) is 0 Å². The van der Waals surface area contributed by atoms with E-state index in [2.05, 4.69) is 26.1 Å². The average molecular weight is 339 g/mol. The Labute approximate surface area is 138 Å². The number of carbonyl (C=O) groups is 1. The first kappa shape index (κ1) is 17.8. The van der Waals surface area contributed by atoms with Gasteiger partial charge in [-0.1, -0.05) is 39.0 Å². The molecule has 0 spiro atoms. The summed E-state index contributed by atoms with van der Waals surface area (Å²) < 4.78 is 28.6. The van der Waals surface area contributed by atoms with Gasteiger partial charge >= 0.3 is 0 Å². The van der Waals surface area contributed by atoms with E-state index in [0.717, 1.165) is 11.3 Å². The molecule has 6 heteroatoms. The molecule has 5 nitrogen and oxygen atoms in total. The number of carbonyl (C=O) groups excluding carboxylic acids is 1. The fourth-order valence-corrected chi connectivity index (χ4v) is 4.43. The van der Waals surface area contributed by atoms with Crippen LogP contribution in [0.2, 0.25) is 0 Å². The first-order chi connectivity index (χ1) is 10.7. The van der Waals surface area contributed by atoms with Crippen LogP contribution in [0.5, 0.6) is 5.75 Å². The zero-order valence-electron chi connectivity index (χ0n) is 14.0. The van der Waals surface area contributed by atoms with Crippen LogP contribution < -0.4 is 10.1 Å². The molecule has 23 heavy (non-hydrogen) atoms. The smallest absolute Gasteiger partial charge is 0.224 e. The normalized spacial score (nSPS) is 20.2. The van der Waals surface area contributed by atoms with Crippen LogP contribution in [0.15, 0.2) is 24.3 Å². The number of hydrogen-bond acceptors (Lipinski definition) is 4. The van der Waals surface area contributed by atoms with Gasteiger partial charge in [0.05, 0.1) is 24.0 Å². The van der Waals surface area contributed by atoms with Crippen molar-refractivity contribution in [2.75, 3.05) is 24.7 Å². The zero-order chi connectivity index (χ0) is 17.1. The van der Waals surface area contributed by atoms with E-state index in [1.807, 2.05) is 24.3 Å². The van der Waals surface area contributed by atoms with Crippen LogP contribution >= 0.6 is 0 Å². The van der Waals surface area contributed by atoms with Gasteiger partial charge in [-0.2, -0.15) is 0 Å². The van der Waals surface area contributed by atoms with E-state index in [4.69, 9.17) is 4.74 Å². The predicted molar refractivity (Wildman–Crippen MR) is 90.4 cm³/mol. The fraction of sp³-hybridized carbons (Fsp3) is 0.588. The molecule has 0 aromatic heterocycles. The molecule has 1 aliphatic rings. The van der Waals surface area contributed by atoms with Crippen LogP contribution in [0, 0.1) is 5.92 Å². The first-order valence-corrected chi connectivity index (χ1v) is 9.72. The third-order valence-corrected chi connectivity index (χ3v) is 5.73. The van der Waals surface area contributed by atoms with Crippen molar-refractivity contribution < 1.29 is 17.9 Å². The molecule has 0 unspecified atom stereocenters. The van der Waals surface area contributed by atoms with E-state index >= 15 is 0 Å². The summed E-state index contributed by atoms with van der Waals surface area (Å²) in [5.74, 6) is 0.283. The lowest BCUT2D eigenvalue weighted by atomic mass is 9.86. The maximum absolute atomic E-state index is 11.9. The van der Waals surface area contributed by atoms with Gasteiger partial charge in [0.15, 0.2) is 9.84 Å². The summed E-state index contributed by atoms with van der Waals surface area (Å²) in [5.41, 5.74) is 1.10. The van der Waals surface area contributed by atoms with Crippen molar-refractivity contribution in [2.24, 2.45) is 5.92 Å². The van der Waals surface area contributed by atoms with E-state index in [-0.39, 0.29) is 22.8 Å². The van der Waals surface area contributed by atoms with E-state index in [9.17, 15) is 13.2 Å². The monoisotopic (exact) mass is 339 g/mol. The summed E-state index contributed by atoms with van der Waals surface area (Å²) >= 11 is 0. The van der Waals surface area contributed by atoms with Gasteiger partial charge in [0.1, 0.15) is 12.4 Å². The largest absolute Gasteiger partial charge is 0.491 e. The topological polar surface area (TPSA) is 72.5 Å². The van der Waals surface area contributed by atoms with E-state index < -0.39 is 15.8 Å². The van der Waals surface area contributed by atoms with Gasteiger partial charge in [0, 0.05) is 0 Å². The Balaban J connectivity index is 1.81. The second kappa shape index (κ2) is 6.91. The highest BCUT2D eigenvalue weighted by Crippen LogP contribution is 2.30. The molecule has 1 fully saturated rings. The number of hydrogen-bond donors (Lipinski definition) is 1. The molecule has 0 saturated carbocycles. The first-order valence-electron chi connectivity index (χ1n) is 7.89. The van der Waals surface area contributed by atoms with Crippen molar-refractivity contribution >= 4 is 15.7 Å². The van der Waals surface area contributed by atoms with E-state index in [0.29, 0.717) is 19.6 Å².